The van der Waals surface area contributed by atoms with Crippen LogP contribution in [0.3, 0.4) is 0 Å². The van der Waals surface area contributed by atoms with Crippen LogP contribution in [0.2, 0.25) is 0 Å². The van der Waals surface area contributed by atoms with Crippen molar-refractivity contribution in [1.82, 2.24) is 5.32 Å². The minimum atomic E-state index is -0.992. The highest BCUT2D eigenvalue weighted by Crippen LogP contribution is 2.22. The lowest BCUT2D eigenvalue weighted by molar-refractivity contribution is 0.0277. The minimum absolute atomic E-state index is 0.322. The fourth-order valence-electron chi connectivity index (χ4n) is 2.06. The van der Waals surface area contributed by atoms with Gasteiger partial charge in [-0.1, -0.05) is 13.8 Å². The molecule has 0 saturated heterocycles. The number of ether oxygens (including phenoxy) is 1. The third-order valence-electron chi connectivity index (χ3n) is 3.42. The van der Waals surface area contributed by atoms with Gasteiger partial charge in [-0.3, -0.25) is 0 Å². The molecule has 0 aliphatic carbocycles. The minimum Gasteiger partial charge on any atom is -0.463 e. The summed E-state index contributed by atoms with van der Waals surface area (Å²) < 4.78 is 10.6. The van der Waals surface area contributed by atoms with E-state index in [1.807, 2.05) is 19.1 Å². The van der Waals surface area contributed by atoms with E-state index < -0.39 is 5.60 Å². The second-order valence-electron chi connectivity index (χ2n) is 5.70. The Morgan fingerprint density at radius 3 is 2.58 bits per heavy atom. The van der Waals surface area contributed by atoms with Gasteiger partial charge in [0.1, 0.15) is 17.1 Å². The van der Waals surface area contributed by atoms with E-state index in [1.54, 1.807) is 14.0 Å². The van der Waals surface area contributed by atoms with E-state index in [4.69, 9.17) is 9.15 Å². The third-order valence-corrected chi connectivity index (χ3v) is 3.42. The molecule has 2 N–H and O–H groups in total. The summed E-state index contributed by atoms with van der Waals surface area (Å²) in [6.45, 7) is 9.16. The first-order chi connectivity index (χ1) is 8.86. The van der Waals surface area contributed by atoms with Crippen molar-refractivity contribution in [2.24, 2.45) is 5.92 Å². The Balaban J connectivity index is 2.57. The van der Waals surface area contributed by atoms with E-state index >= 15 is 0 Å². The van der Waals surface area contributed by atoms with E-state index in [1.165, 1.54) is 0 Å². The van der Waals surface area contributed by atoms with Crippen LogP contribution < -0.4 is 5.32 Å². The van der Waals surface area contributed by atoms with Crippen molar-refractivity contribution >= 4 is 0 Å². The van der Waals surface area contributed by atoms with Crippen molar-refractivity contribution in [3.05, 3.63) is 23.7 Å². The van der Waals surface area contributed by atoms with Gasteiger partial charge in [0.2, 0.25) is 0 Å². The molecule has 0 spiro atoms. The second kappa shape index (κ2) is 7.08. The quantitative estimate of drug-likeness (QED) is 0.761. The van der Waals surface area contributed by atoms with Gasteiger partial charge in [-0.05, 0) is 38.3 Å². The molecule has 2 atom stereocenters. The Morgan fingerprint density at radius 2 is 2.11 bits per heavy atom. The molecule has 1 aromatic heterocycles. The Bertz CT molecular complexity index is 371. The standard InChI is InChI=1S/C15H27NO3/c1-11(2)13(8-9-18-5)16-10-15(4,17)14-7-6-12(3)19-14/h6-7,11,13,16-17H,8-10H2,1-5H3. The zero-order valence-electron chi connectivity index (χ0n) is 12.7. The molecule has 1 rings (SSSR count). The van der Waals surface area contributed by atoms with Crippen LogP contribution in [0.5, 0.6) is 0 Å². The summed E-state index contributed by atoms with van der Waals surface area (Å²) in [6, 6.07) is 4.02. The molecule has 0 aromatic carbocycles. The van der Waals surface area contributed by atoms with Crippen LogP contribution in [-0.2, 0) is 10.3 Å². The van der Waals surface area contributed by atoms with Crippen LogP contribution in [0.25, 0.3) is 0 Å². The van der Waals surface area contributed by atoms with Crippen molar-refractivity contribution in [2.45, 2.75) is 45.8 Å². The maximum atomic E-state index is 10.5. The van der Waals surface area contributed by atoms with Crippen LogP contribution >= 0.6 is 0 Å². The summed E-state index contributed by atoms with van der Waals surface area (Å²) in [6.07, 6.45) is 0.932. The van der Waals surface area contributed by atoms with Gasteiger partial charge < -0.3 is 19.6 Å². The molecule has 0 bridgehead atoms. The average Bonchev–Trinajstić information content (AvgIpc) is 2.76. The predicted molar refractivity (Wildman–Crippen MR) is 76.1 cm³/mol. The highest BCUT2D eigenvalue weighted by atomic mass is 16.5. The molecule has 19 heavy (non-hydrogen) atoms. The number of methoxy groups -OCH3 is 1. The molecule has 4 nitrogen and oxygen atoms in total. The normalized spacial score (nSPS) is 16.6. The Morgan fingerprint density at radius 1 is 1.42 bits per heavy atom. The van der Waals surface area contributed by atoms with E-state index in [0.29, 0.717) is 24.3 Å². The molecule has 0 aliphatic heterocycles. The summed E-state index contributed by atoms with van der Waals surface area (Å²) in [5.74, 6) is 1.91. The topological polar surface area (TPSA) is 54.6 Å². The van der Waals surface area contributed by atoms with Gasteiger partial charge in [0.25, 0.3) is 0 Å². The molecule has 1 aromatic rings. The van der Waals surface area contributed by atoms with Crippen LogP contribution in [-0.4, -0.2) is 31.4 Å². The first kappa shape index (κ1) is 16.2. The lowest BCUT2D eigenvalue weighted by Crippen LogP contribution is -2.43. The summed E-state index contributed by atoms with van der Waals surface area (Å²) in [5.41, 5.74) is -0.992. The highest BCUT2D eigenvalue weighted by molar-refractivity contribution is 5.12. The molecular weight excluding hydrogens is 242 g/mol. The molecule has 110 valence electrons. The fraction of sp³-hybridized carbons (Fsp3) is 0.733. The van der Waals surface area contributed by atoms with Crippen LogP contribution in [0, 0.1) is 12.8 Å². The lowest BCUT2D eigenvalue weighted by atomic mass is 9.98. The number of hydrogen-bond acceptors (Lipinski definition) is 4. The third kappa shape index (κ3) is 4.97. The number of rotatable bonds is 8. The van der Waals surface area contributed by atoms with E-state index in [2.05, 4.69) is 19.2 Å². The number of aryl methyl sites for hydroxylation is 1. The predicted octanol–water partition coefficient (Wildman–Crippen LogP) is 2.45. The molecule has 0 saturated carbocycles. The molecule has 2 unspecified atom stereocenters. The molecule has 0 fully saturated rings. The van der Waals surface area contributed by atoms with E-state index in [-0.39, 0.29) is 0 Å². The van der Waals surface area contributed by atoms with Gasteiger partial charge >= 0.3 is 0 Å². The largest absolute Gasteiger partial charge is 0.463 e. The molecular formula is C15H27NO3. The van der Waals surface area contributed by atoms with Crippen molar-refractivity contribution in [3.8, 4) is 0 Å². The molecule has 0 amide bonds. The van der Waals surface area contributed by atoms with Gasteiger partial charge in [-0.25, -0.2) is 0 Å². The van der Waals surface area contributed by atoms with E-state index in [9.17, 15) is 5.11 Å². The first-order valence-electron chi connectivity index (χ1n) is 6.88. The number of aliphatic hydroxyl groups is 1. The maximum Gasteiger partial charge on any atom is 0.136 e. The zero-order valence-corrected chi connectivity index (χ0v) is 12.7. The van der Waals surface area contributed by atoms with Crippen LogP contribution in [0.4, 0.5) is 0 Å². The summed E-state index contributed by atoms with van der Waals surface area (Å²) >= 11 is 0. The van der Waals surface area contributed by atoms with Crippen molar-refractivity contribution < 1.29 is 14.3 Å². The summed E-state index contributed by atoms with van der Waals surface area (Å²) in [4.78, 5) is 0. The number of nitrogens with one attached hydrogen (secondary N) is 1. The first-order valence-corrected chi connectivity index (χ1v) is 6.88. The zero-order chi connectivity index (χ0) is 14.5. The van der Waals surface area contributed by atoms with Crippen molar-refractivity contribution in [1.29, 1.82) is 0 Å². The van der Waals surface area contributed by atoms with Gasteiger partial charge in [0, 0.05) is 26.3 Å². The number of hydrogen-bond donors (Lipinski definition) is 2. The summed E-state index contributed by atoms with van der Waals surface area (Å²) in [7, 11) is 1.71. The van der Waals surface area contributed by atoms with Crippen molar-refractivity contribution in [2.75, 3.05) is 20.3 Å². The highest BCUT2D eigenvalue weighted by Gasteiger charge is 2.28. The van der Waals surface area contributed by atoms with Crippen LogP contribution in [0.15, 0.2) is 16.5 Å². The fourth-order valence-corrected chi connectivity index (χ4v) is 2.06. The van der Waals surface area contributed by atoms with Gasteiger partial charge in [-0.15, -0.1) is 0 Å². The Kier molecular flexibility index (Phi) is 6.04. The Hall–Kier alpha value is -0.840. The lowest BCUT2D eigenvalue weighted by Gasteiger charge is -2.28. The van der Waals surface area contributed by atoms with Crippen molar-refractivity contribution in [3.63, 3.8) is 0 Å². The molecule has 1 heterocycles. The second-order valence-corrected chi connectivity index (χ2v) is 5.70. The average molecular weight is 269 g/mol. The Labute approximate surface area is 116 Å². The molecule has 4 heteroatoms. The smallest absolute Gasteiger partial charge is 0.136 e. The van der Waals surface area contributed by atoms with E-state index in [0.717, 1.165) is 18.8 Å². The SMILES string of the molecule is COCCC(NCC(C)(O)c1ccc(C)o1)C(C)C. The van der Waals surface area contributed by atoms with Gasteiger partial charge in [-0.2, -0.15) is 0 Å². The van der Waals surface area contributed by atoms with Gasteiger partial charge in [0.15, 0.2) is 0 Å². The summed E-state index contributed by atoms with van der Waals surface area (Å²) in [5, 5.41) is 13.9. The number of furan rings is 1. The maximum absolute atomic E-state index is 10.5. The monoisotopic (exact) mass is 269 g/mol. The molecule has 0 aliphatic rings. The molecule has 0 radical (unpaired) electrons. The van der Waals surface area contributed by atoms with Gasteiger partial charge in [0.05, 0.1) is 0 Å². The van der Waals surface area contributed by atoms with Crippen LogP contribution in [0.1, 0.15) is 38.7 Å².